The van der Waals surface area contributed by atoms with Crippen molar-refractivity contribution in [1.29, 1.82) is 0 Å². The highest BCUT2D eigenvalue weighted by Gasteiger charge is 2.43. The van der Waals surface area contributed by atoms with Crippen molar-refractivity contribution in [2.45, 2.75) is 32.7 Å². The molecule has 20 heavy (non-hydrogen) atoms. The summed E-state index contributed by atoms with van der Waals surface area (Å²) in [5.41, 5.74) is -0.418. The van der Waals surface area contributed by atoms with Gasteiger partial charge in [0.05, 0.1) is 6.26 Å². The SMILES string of the molecule is CC1(C)CCCN(C(=O)/C=C/c2ccco2)C1C(=O)O. The summed E-state index contributed by atoms with van der Waals surface area (Å²) in [6, 6.07) is 2.68. The average Bonchev–Trinajstić information content (AvgIpc) is 2.86. The van der Waals surface area contributed by atoms with Gasteiger partial charge in [0.25, 0.3) is 0 Å². The Morgan fingerprint density at radius 1 is 1.50 bits per heavy atom. The van der Waals surface area contributed by atoms with Crippen LogP contribution in [0.25, 0.3) is 6.08 Å². The van der Waals surface area contributed by atoms with Crippen LogP contribution >= 0.6 is 0 Å². The first-order chi connectivity index (χ1) is 9.42. The van der Waals surface area contributed by atoms with Crippen LogP contribution in [-0.4, -0.2) is 34.5 Å². The molecule has 1 amide bonds. The molecule has 5 heteroatoms. The highest BCUT2D eigenvalue weighted by Crippen LogP contribution is 2.35. The van der Waals surface area contributed by atoms with E-state index >= 15 is 0 Å². The number of hydrogen-bond donors (Lipinski definition) is 1. The fourth-order valence-corrected chi connectivity index (χ4v) is 2.73. The average molecular weight is 277 g/mol. The minimum atomic E-state index is -0.950. The van der Waals surface area contributed by atoms with E-state index in [1.54, 1.807) is 18.2 Å². The first-order valence-electron chi connectivity index (χ1n) is 6.67. The summed E-state index contributed by atoms with van der Waals surface area (Å²) in [6.45, 7) is 4.25. The van der Waals surface area contributed by atoms with Crippen molar-refractivity contribution >= 4 is 18.0 Å². The zero-order chi connectivity index (χ0) is 14.8. The van der Waals surface area contributed by atoms with Crippen molar-refractivity contribution in [1.82, 2.24) is 4.90 Å². The van der Waals surface area contributed by atoms with Crippen LogP contribution in [0.2, 0.25) is 0 Å². The number of carboxylic acid groups (broad SMARTS) is 1. The van der Waals surface area contributed by atoms with Gasteiger partial charge in [-0.05, 0) is 36.5 Å². The third-order valence-corrected chi connectivity index (χ3v) is 3.72. The summed E-state index contributed by atoms with van der Waals surface area (Å²) in [7, 11) is 0. The van der Waals surface area contributed by atoms with E-state index in [0.717, 1.165) is 12.8 Å². The lowest BCUT2D eigenvalue weighted by Crippen LogP contribution is -2.55. The highest BCUT2D eigenvalue weighted by atomic mass is 16.4. The molecule has 1 aromatic heterocycles. The number of carbonyl (C=O) groups excluding carboxylic acids is 1. The second-order valence-electron chi connectivity index (χ2n) is 5.71. The topological polar surface area (TPSA) is 70.8 Å². The van der Waals surface area contributed by atoms with E-state index in [1.807, 2.05) is 13.8 Å². The molecular formula is C15H19NO4. The Bertz CT molecular complexity index is 516. The molecule has 0 spiro atoms. The molecule has 2 heterocycles. The molecule has 1 N–H and O–H groups in total. The quantitative estimate of drug-likeness (QED) is 0.861. The summed E-state index contributed by atoms with van der Waals surface area (Å²) in [5, 5.41) is 9.41. The van der Waals surface area contributed by atoms with E-state index < -0.39 is 17.4 Å². The van der Waals surface area contributed by atoms with E-state index in [2.05, 4.69) is 0 Å². The van der Waals surface area contributed by atoms with Crippen molar-refractivity contribution in [3.05, 3.63) is 30.2 Å². The summed E-state index contributed by atoms with van der Waals surface area (Å²) in [6.07, 6.45) is 6.07. The zero-order valence-corrected chi connectivity index (χ0v) is 11.7. The molecule has 0 aromatic carbocycles. The minimum absolute atomic E-state index is 0.290. The normalized spacial score (nSPS) is 22.1. The Morgan fingerprint density at radius 3 is 2.85 bits per heavy atom. The molecule has 1 fully saturated rings. The molecule has 0 saturated carbocycles. The number of piperidine rings is 1. The second kappa shape index (κ2) is 5.53. The van der Waals surface area contributed by atoms with Crippen molar-refractivity contribution < 1.29 is 19.1 Å². The number of rotatable bonds is 3. The van der Waals surface area contributed by atoms with Crippen LogP contribution in [0.5, 0.6) is 0 Å². The molecule has 2 rings (SSSR count). The largest absolute Gasteiger partial charge is 0.480 e. The molecule has 1 aliphatic heterocycles. The fourth-order valence-electron chi connectivity index (χ4n) is 2.73. The van der Waals surface area contributed by atoms with Crippen LogP contribution in [0.4, 0.5) is 0 Å². The third-order valence-electron chi connectivity index (χ3n) is 3.72. The van der Waals surface area contributed by atoms with Gasteiger partial charge in [-0.25, -0.2) is 4.79 Å². The standard InChI is InChI=1S/C15H19NO4/c1-15(2)8-4-9-16(13(15)14(18)19)12(17)7-6-11-5-3-10-20-11/h3,5-7,10,13H,4,8-9H2,1-2H3,(H,18,19)/b7-6+. The van der Waals surface area contributed by atoms with Crippen LogP contribution in [0.3, 0.4) is 0 Å². The molecule has 0 bridgehead atoms. The Hall–Kier alpha value is -2.04. The Kier molecular flexibility index (Phi) is 3.97. The van der Waals surface area contributed by atoms with Gasteiger partial charge in [0.15, 0.2) is 0 Å². The number of furan rings is 1. The lowest BCUT2D eigenvalue weighted by molar-refractivity contribution is -0.156. The Balaban J connectivity index is 2.16. The molecule has 1 aliphatic rings. The van der Waals surface area contributed by atoms with Crippen molar-refractivity contribution in [2.24, 2.45) is 5.41 Å². The molecule has 1 saturated heterocycles. The number of hydrogen-bond acceptors (Lipinski definition) is 3. The molecule has 0 radical (unpaired) electrons. The van der Waals surface area contributed by atoms with Crippen LogP contribution in [0.1, 0.15) is 32.4 Å². The summed E-state index contributed by atoms with van der Waals surface area (Å²) in [5.74, 6) is -0.669. The lowest BCUT2D eigenvalue weighted by atomic mass is 9.76. The number of nitrogens with zero attached hydrogens (tertiary/aromatic N) is 1. The predicted octanol–water partition coefficient (Wildman–Crippen LogP) is 2.39. The van der Waals surface area contributed by atoms with Crippen LogP contribution < -0.4 is 0 Å². The fraction of sp³-hybridized carbons (Fsp3) is 0.467. The molecule has 1 atom stereocenters. The number of aliphatic carboxylic acids is 1. The molecular weight excluding hydrogens is 258 g/mol. The highest BCUT2D eigenvalue weighted by molar-refractivity contribution is 5.94. The first-order valence-corrected chi connectivity index (χ1v) is 6.67. The van der Waals surface area contributed by atoms with E-state index in [1.165, 1.54) is 17.2 Å². The van der Waals surface area contributed by atoms with Gasteiger partial charge >= 0.3 is 5.97 Å². The summed E-state index contributed by atoms with van der Waals surface area (Å²) < 4.78 is 5.11. The van der Waals surface area contributed by atoms with E-state index in [-0.39, 0.29) is 5.91 Å². The van der Waals surface area contributed by atoms with Gasteiger partial charge in [0.1, 0.15) is 11.8 Å². The van der Waals surface area contributed by atoms with E-state index in [9.17, 15) is 14.7 Å². The van der Waals surface area contributed by atoms with Crippen LogP contribution in [0, 0.1) is 5.41 Å². The maximum absolute atomic E-state index is 12.2. The number of amides is 1. The zero-order valence-electron chi connectivity index (χ0n) is 11.7. The Morgan fingerprint density at radius 2 is 2.25 bits per heavy atom. The first kappa shape index (κ1) is 14.4. The van der Waals surface area contributed by atoms with Gasteiger partial charge in [-0.2, -0.15) is 0 Å². The van der Waals surface area contributed by atoms with Crippen molar-refractivity contribution in [3.63, 3.8) is 0 Å². The Labute approximate surface area is 117 Å². The van der Waals surface area contributed by atoms with Crippen molar-refractivity contribution in [2.75, 3.05) is 6.54 Å². The van der Waals surface area contributed by atoms with Crippen LogP contribution in [0.15, 0.2) is 28.9 Å². The van der Waals surface area contributed by atoms with Gasteiger partial charge in [0, 0.05) is 12.6 Å². The van der Waals surface area contributed by atoms with E-state index in [4.69, 9.17) is 4.42 Å². The summed E-state index contributed by atoms with van der Waals surface area (Å²) in [4.78, 5) is 25.1. The molecule has 108 valence electrons. The maximum Gasteiger partial charge on any atom is 0.326 e. The molecule has 1 unspecified atom stereocenters. The minimum Gasteiger partial charge on any atom is -0.480 e. The number of likely N-dealkylation sites (tertiary alicyclic amines) is 1. The van der Waals surface area contributed by atoms with Gasteiger partial charge in [0.2, 0.25) is 5.91 Å². The van der Waals surface area contributed by atoms with Gasteiger partial charge < -0.3 is 14.4 Å². The maximum atomic E-state index is 12.2. The predicted molar refractivity (Wildman–Crippen MR) is 73.9 cm³/mol. The summed E-state index contributed by atoms with van der Waals surface area (Å²) >= 11 is 0. The molecule has 5 nitrogen and oxygen atoms in total. The number of carbonyl (C=O) groups is 2. The smallest absolute Gasteiger partial charge is 0.326 e. The van der Waals surface area contributed by atoms with Gasteiger partial charge in [-0.1, -0.05) is 13.8 Å². The monoisotopic (exact) mass is 277 g/mol. The second-order valence-corrected chi connectivity index (χ2v) is 5.71. The van der Waals surface area contributed by atoms with Crippen molar-refractivity contribution in [3.8, 4) is 0 Å². The lowest BCUT2D eigenvalue weighted by Gasteiger charge is -2.43. The van der Waals surface area contributed by atoms with Gasteiger partial charge in [-0.15, -0.1) is 0 Å². The van der Waals surface area contributed by atoms with Gasteiger partial charge in [-0.3, -0.25) is 4.79 Å². The van der Waals surface area contributed by atoms with Crippen LogP contribution in [-0.2, 0) is 9.59 Å². The molecule has 0 aliphatic carbocycles. The van der Waals surface area contributed by atoms with E-state index in [0.29, 0.717) is 12.3 Å². The molecule has 1 aromatic rings. The third kappa shape index (κ3) is 2.92. The number of carboxylic acids is 1.